The van der Waals surface area contributed by atoms with Crippen molar-refractivity contribution in [2.24, 2.45) is 5.92 Å². The lowest BCUT2D eigenvalue weighted by Gasteiger charge is -2.35. The van der Waals surface area contributed by atoms with Gasteiger partial charge >= 0.3 is 5.97 Å². The van der Waals surface area contributed by atoms with Crippen molar-refractivity contribution in [3.63, 3.8) is 0 Å². The zero-order valence-corrected chi connectivity index (χ0v) is 14.9. The van der Waals surface area contributed by atoms with E-state index in [0.717, 1.165) is 25.7 Å². The van der Waals surface area contributed by atoms with Crippen LogP contribution in [0.15, 0.2) is 30.3 Å². The molecule has 1 aromatic carbocycles. The minimum absolute atomic E-state index is 0.00241. The van der Waals surface area contributed by atoms with Crippen LogP contribution in [0.1, 0.15) is 55.3 Å². The number of carboxylic acids is 1. The van der Waals surface area contributed by atoms with Crippen LogP contribution in [0, 0.1) is 5.92 Å². The van der Waals surface area contributed by atoms with E-state index in [1.807, 2.05) is 18.2 Å². The van der Waals surface area contributed by atoms with Crippen LogP contribution >= 0.6 is 0 Å². The molecule has 1 saturated carbocycles. The normalized spacial score (nSPS) is 19.9. The molecule has 2 amide bonds. The largest absolute Gasteiger partial charge is 0.481 e. The molecule has 1 heterocycles. The van der Waals surface area contributed by atoms with Crippen LogP contribution in [0.3, 0.4) is 0 Å². The number of carbonyl (C=O) groups excluding carboxylic acids is 2. The number of benzene rings is 1. The highest BCUT2D eigenvalue weighted by molar-refractivity contribution is 5.94. The number of aliphatic carboxylic acids is 1. The third-order valence-electron chi connectivity index (χ3n) is 5.61. The van der Waals surface area contributed by atoms with E-state index in [1.54, 1.807) is 17.0 Å². The highest BCUT2D eigenvalue weighted by Gasteiger charge is 2.39. The van der Waals surface area contributed by atoms with Crippen molar-refractivity contribution in [1.82, 2.24) is 10.2 Å². The van der Waals surface area contributed by atoms with Gasteiger partial charge in [0.2, 0.25) is 5.91 Å². The standard InChI is InChI=1S/C20H26N2O4/c23-17(24)14-20(10-4-5-11-20)21-18(25)15-8-12-22(13-9-15)19(26)16-6-2-1-3-7-16/h1-3,6-7,15H,4-5,8-14H2,(H,21,25)(H,23,24). The zero-order valence-electron chi connectivity index (χ0n) is 14.9. The van der Waals surface area contributed by atoms with Gasteiger partial charge in [-0.3, -0.25) is 14.4 Å². The second-order valence-electron chi connectivity index (χ2n) is 7.48. The number of likely N-dealkylation sites (tertiary alicyclic amines) is 1. The molecule has 140 valence electrons. The minimum atomic E-state index is -0.865. The Morgan fingerprint density at radius 3 is 2.27 bits per heavy atom. The molecule has 6 heteroatoms. The Morgan fingerprint density at radius 1 is 1.08 bits per heavy atom. The number of amides is 2. The maximum atomic E-state index is 12.7. The number of nitrogens with zero attached hydrogens (tertiary/aromatic N) is 1. The molecule has 2 aliphatic rings. The molecule has 1 aromatic rings. The molecule has 26 heavy (non-hydrogen) atoms. The van der Waals surface area contributed by atoms with Gasteiger partial charge in [0, 0.05) is 24.6 Å². The van der Waals surface area contributed by atoms with E-state index in [0.29, 0.717) is 31.5 Å². The van der Waals surface area contributed by atoms with Crippen molar-refractivity contribution in [1.29, 1.82) is 0 Å². The average molecular weight is 358 g/mol. The molecule has 0 unspecified atom stereocenters. The molecule has 3 rings (SSSR count). The van der Waals surface area contributed by atoms with Crippen molar-refractivity contribution in [3.8, 4) is 0 Å². The predicted octanol–water partition coefficient (Wildman–Crippen LogP) is 2.44. The number of hydrogen-bond donors (Lipinski definition) is 2. The first kappa shape index (κ1) is 18.4. The van der Waals surface area contributed by atoms with Crippen LogP contribution in [0.4, 0.5) is 0 Å². The molecule has 1 aliphatic carbocycles. The van der Waals surface area contributed by atoms with E-state index >= 15 is 0 Å². The SMILES string of the molecule is O=C(O)CC1(NC(=O)C2CCN(C(=O)c3ccccc3)CC2)CCCC1. The number of carbonyl (C=O) groups is 3. The molecular formula is C20H26N2O4. The van der Waals surface area contributed by atoms with Crippen LogP contribution in [-0.4, -0.2) is 46.4 Å². The summed E-state index contributed by atoms with van der Waals surface area (Å²) >= 11 is 0. The topological polar surface area (TPSA) is 86.7 Å². The highest BCUT2D eigenvalue weighted by atomic mass is 16.4. The second-order valence-corrected chi connectivity index (χ2v) is 7.48. The first-order chi connectivity index (χ1) is 12.5. The van der Waals surface area contributed by atoms with Gasteiger partial charge in [0.05, 0.1) is 12.0 Å². The van der Waals surface area contributed by atoms with Crippen molar-refractivity contribution in [2.75, 3.05) is 13.1 Å². The summed E-state index contributed by atoms with van der Waals surface area (Å²) in [5.41, 5.74) is 0.0849. The van der Waals surface area contributed by atoms with Gasteiger partial charge in [-0.15, -0.1) is 0 Å². The van der Waals surface area contributed by atoms with E-state index < -0.39 is 11.5 Å². The van der Waals surface area contributed by atoms with Crippen LogP contribution in [0.5, 0.6) is 0 Å². The molecule has 0 aromatic heterocycles. The maximum Gasteiger partial charge on any atom is 0.305 e. The summed E-state index contributed by atoms with van der Waals surface area (Å²) in [6.07, 6.45) is 4.60. The van der Waals surface area contributed by atoms with Gasteiger partial charge in [0.25, 0.3) is 5.91 Å². The molecule has 1 aliphatic heterocycles. The summed E-state index contributed by atoms with van der Waals surface area (Å²) in [6.45, 7) is 1.11. The number of nitrogens with one attached hydrogen (secondary N) is 1. The zero-order chi connectivity index (χ0) is 18.6. The highest BCUT2D eigenvalue weighted by Crippen LogP contribution is 2.33. The Hall–Kier alpha value is -2.37. The van der Waals surface area contributed by atoms with E-state index in [9.17, 15) is 19.5 Å². The fourth-order valence-electron chi connectivity index (χ4n) is 4.16. The van der Waals surface area contributed by atoms with Crippen molar-refractivity contribution < 1.29 is 19.5 Å². The molecule has 0 radical (unpaired) electrons. The summed E-state index contributed by atoms with van der Waals surface area (Å²) in [7, 11) is 0. The summed E-state index contributed by atoms with van der Waals surface area (Å²) in [4.78, 5) is 38.1. The predicted molar refractivity (Wildman–Crippen MR) is 96.7 cm³/mol. The average Bonchev–Trinajstić information content (AvgIpc) is 3.09. The quantitative estimate of drug-likeness (QED) is 0.846. The minimum Gasteiger partial charge on any atom is -0.481 e. The summed E-state index contributed by atoms with van der Waals surface area (Å²) in [5.74, 6) is -1.07. The van der Waals surface area contributed by atoms with Crippen molar-refractivity contribution in [2.45, 2.75) is 50.5 Å². The lowest BCUT2D eigenvalue weighted by atomic mass is 9.89. The Kier molecular flexibility index (Phi) is 5.59. The van der Waals surface area contributed by atoms with Crippen molar-refractivity contribution >= 4 is 17.8 Å². The Balaban J connectivity index is 1.55. The summed E-state index contributed by atoms with van der Waals surface area (Å²) < 4.78 is 0. The number of hydrogen-bond acceptors (Lipinski definition) is 3. The third kappa shape index (κ3) is 4.23. The fourth-order valence-corrected chi connectivity index (χ4v) is 4.16. The third-order valence-corrected chi connectivity index (χ3v) is 5.61. The Morgan fingerprint density at radius 2 is 1.69 bits per heavy atom. The molecule has 0 atom stereocenters. The molecule has 0 spiro atoms. The molecule has 6 nitrogen and oxygen atoms in total. The van der Waals surface area contributed by atoms with E-state index in [1.165, 1.54) is 0 Å². The summed E-state index contributed by atoms with van der Waals surface area (Å²) in [6, 6.07) is 9.17. The van der Waals surface area contributed by atoms with E-state index in [-0.39, 0.29) is 24.2 Å². The molecule has 2 N–H and O–H groups in total. The van der Waals surface area contributed by atoms with Crippen LogP contribution < -0.4 is 5.32 Å². The van der Waals surface area contributed by atoms with Crippen LogP contribution in [0.25, 0.3) is 0 Å². The Bertz CT molecular complexity index is 660. The van der Waals surface area contributed by atoms with E-state index in [4.69, 9.17) is 0 Å². The van der Waals surface area contributed by atoms with Gasteiger partial charge in [-0.05, 0) is 37.8 Å². The lowest BCUT2D eigenvalue weighted by Crippen LogP contribution is -2.51. The number of carboxylic acid groups (broad SMARTS) is 1. The smallest absolute Gasteiger partial charge is 0.305 e. The number of rotatable bonds is 5. The van der Waals surface area contributed by atoms with Crippen molar-refractivity contribution in [3.05, 3.63) is 35.9 Å². The lowest BCUT2D eigenvalue weighted by molar-refractivity contribution is -0.139. The molecule has 0 bridgehead atoms. The maximum absolute atomic E-state index is 12.7. The van der Waals surface area contributed by atoms with Gasteiger partial charge in [-0.1, -0.05) is 31.0 Å². The Labute approximate surface area is 153 Å². The van der Waals surface area contributed by atoms with Gasteiger partial charge in [0.15, 0.2) is 0 Å². The summed E-state index contributed by atoms with van der Waals surface area (Å²) in [5, 5.41) is 12.2. The monoisotopic (exact) mass is 358 g/mol. The van der Waals surface area contributed by atoms with Crippen LogP contribution in [-0.2, 0) is 9.59 Å². The van der Waals surface area contributed by atoms with Gasteiger partial charge in [-0.2, -0.15) is 0 Å². The first-order valence-corrected chi connectivity index (χ1v) is 9.37. The second kappa shape index (κ2) is 7.89. The van der Waals surface area contributed by atoms with Crippen LogP contribution in [0.2, 0.25) is 0 Å². The van der Waals surface area contributed by atoms with Gasteiger partial charge in [-0.25, -0.2) is 0 Å². The van der Waals surface area contributed by atoms with Gasteiger partial charge in [0.1, 0.15) is 0 Å². The van der Waals surface area contributed by atoms with Gasteiger partial charge < -0.3 is 15.3 Å². The molecule has 1 saturated heterocycles. The first-order valence-electron chi connectivity index (χ1n) is 9.37. The number of piperidine rings is 1. The molecular weight excluding hydrogens is 332 g/mol. The van der Waals surface area contributed by atoms with E-state index in [2.05, 4.69) is 5.32 Å². The molecule has 2 fully saturated rings. The fraction of sp³-hybridized carbons (Fsp3) is 0.550.